The van der Waals surface area contributed by atoms with Gasteiger partial charge in [-0.3, -0.25) is 14.5 Å². The van der Waals surface area contributed by atoms with Gasteiger partial charge >= 0.3 is 0 Å². The minimum Gasteiger partial charge on any atom is -0.358 e. The van der Waals surface area contributed by atoms with Gasteiger partial charge < -0.3 is 10.2 Å². The maximum atomic E-state index is 12.2. The maximum absolute atomic E-state index is 12.2. The maximum Gasteiger partial charge on any atom is 0.239 e. The van der Waals surface area contributed by atoms with Crippen molar-refractivity contribution in [3.63, 3.8) is 0 Å². The highest BCUT2D eigenvalue weighted by Gasteiger charge is 2.34. The summed E-state index contributed by atoms with van der Waals surface area (Å²) in [5, 5.41) is 2.55. The van der Waals surface area contributed by atoms with E-state index in [-0.39, 0.29) is 18.4 Å². The number of likely N-dealkylation sites (N-methyl/N-ethyl adjacent to an activating group) is 2. The van der Waals surface area contributed by atoms with Gasteiger partial charge in [0.05, 0.1) is 13.1 Å². The summed E-state index contributed by atoms with van der Waals surface area (Å²) >= 11 is 0. The lowest BCUT2D eigenvalue weighted by molar-refractivity contribution is -0.136. The predicted molar refractivity (Wildman–Crippen MR) is 78.3 cm³/mol. The average molecular weight is 281 g/mol. The van der Waals surface area contributed by atoms with Gasteiger partial charge in [0.1, 0.15) is 0 Å². The predicted octanol–water partition coefficient (Wildman–Crippen LogP) is 0.845. The summed E-state index contributed by atoms with van der Waals surface area (Å²) in [4.78, 5) is 27.5. The van der Waals surface area contributed by atoms with E-state index in [0.717, 1.165) is 12.5 Å². The van der Waals surface area contributed by atoms with Crippen LogP contribution in [0, 0.1) is 5.92 Å². The lowest BCUT2D eigenvalue weighted by atomic mass is 9.78. The molecule has 5 heteroatoms. The number of carbonyl (C=O) groups excluding carboxylic acids is 2. The van der Waals surface area contributed by atoms with Crippen LogP contribution < -0.4 is 5.32 Å². The molecule has 0 radical (unpaired) electrons. The Morgan fingerprint density at radius 1 is 1.20 bits per heavy atom. The first-order chi connectivity index (χ1) is 9.61. The third-order valence-corrected chi connectivity index (χ3v) is 4.78. The molecular formula is C15H27N3O2. The molecule has 0 aromatic heterocycles. The molecule has 1 aliphatic heterocycles. The van der Waals surface area contributed by atoms with Crippen LogP contribution in [-0.2, 0) is 9.59 Å². The molecule has 1 aliphatic carbocycles. The highest BCUT2D eigenvalue weighted by molar-refractivity contribution is 5.85. The highest BCUT2D eigenvalue weighted by Crippen LogP contribution is 2.34. The van der Waals surface area contributed by atoms with Crippen LogP contribution in [0.1, 0.15) is 38.5 Å². The molecule has 2 atom stereocenters. The minimum absolute atomic E-state index is 0.0554. The Labute approximate surface area is 121 Å². The third kappa shape index (κ3) is 3.72. The summed E-state index contributed by atoms with van der Waals surface area (Å²) in [6.07, 6.45) is 7.72. The van der Waals surface area contributed by atoms with Crippen LogP contribution in [0.25, 0.3) is 0 Å². The quantitative estimate of drug-likeness (QED) is 0.831. The Balaban J connectivity index is 1.87. The standard InChI is InChI=1S/C15H27N3O2/c1-16-14(19)10-17(2)15(20)11-18-9-5-7-12-6-3-4-8-13(12)18/h12-13H,3-11H2,1-2H3,(H,16,19)/t12-,13+/m1/s1. The third-order valence-electron chi connectivity index (χ3n) is 4.78. The summed E-state index contributed by atoms with van der Waals surface area (Å²) in [5.74, 6) is 0.726. The van der Waals surface area contributed by atoms with Gasteiger partial charge in [-0.05, 0) is 38.1 Å². The van der Waals surface area contributed by atoms with Gasteiger partial charge in [0, 0.05) is 20.1 Å². The van der Waals surface area contributed by atoms with Crippen LogP contribution in [0.15, 0.2) is 0 Å². The fraction of sp³-hybridized carbons (Fsp3) is 0.867. The molecule has 1 heterocycles. The second-order valence-corrected chi connectivity index (χ2v) is 6.15. The summed E-state index contributed by atoms with van der Waals surface area (Å²) < 4.78 is 0. The van der Waals surface area contributed by atoms with Crippen molar-refractivity contribution in [3.8, 4) is 0 Å². The van der Waals surface area contributed by atoms with Crippen molar-refractivity contribution in [2.24, 2.45) is 5.92 Å². The average Bonchev–Trinajstić information content (AvgIpc) is 2.47. The molecule has 0 aromatic rings. The first kappa shape index (κ1) is 15.3. The second-order valence-electron chi connectivity index (χ2n) is 6.15. The summed E-state index contributed by atoms with van der Waals surface area (Å²) in [7, 11) is 3.30. The zero-order valence-corrected chi connectivity index (χ0v) is 12.7. The normalized spacial score (nSPS) is 26.7. The second kappa shape index (κ2) is 7.07. The zero-order valence-electron chi connectivity index (χ0n) is 12.7. The Morgan fingerprint density at radius 3 is 2.65 bits per heavy atom. The summed E-state index contributed by atoms with van der Waals surface area (Å²) in [6, 6.07) is 0.592. The van der Waals surface area contributed by atoms with Crippen molar-refractivity contribution in [1.82, 2.24) is 15.1 Å². The molecule has 114 valence electrons. The van der Waals surface area contributed by atoms with Gasteiger partial charge in [-0.1, -0.05) is 12.8 Å². The SMILES string of the molecule is CNC(=O)CN(C)C(=O)CN1CCC[C@H]2CCCC[C@@H]21. The smallest absolute Gasteiger partial charge is 0.239 e. The first-order valence-electron chi connectivity index (χ1n) is 7.80. The number of nitrogens with one attached hydrogen (secondary N) is 1. The summed E-state index contributed by atoms with van der Waals surface area (Å²) in [6.45, 7) is 1.65. The number of amides is 2. The van der Waals surface area contributed by atoms with E-state index in [1.165, 1.54) is 43.4 Å². The van der Waals surface area contributed by atoms with Gasteiger partial charge in [-0.25, -0.2) is 0 Å². The van der Waals surface area contributed by atoms with Gasteiger partial charge in [-0.2, -0.15) is 0 Å². The molecule has 5 nitrogen and oxygen atoms in total. The molecule has 0 bridgehead atoms. The molecular weight excluding hydrogens is 254 g/mol. The molecule has 1 saturated carbocycles. The van der Waals surface area contributed by atoms with E-state index in [0.29, 0.717) is 12.6 Å². The number of rotatable bonds is 4. The Bertz CT molecular complexity index is 357. The molecule has 0 unspecified atom stereocenters. The fourth-order valence-electron chi connectivity index (χ4n) is 3.60. The van der Waals surface area contributed by atoms with E-state index < -0.39 is 0 Å². The van der Waals surface area contributed by atoms with Crippen LogP contribution in [0.3, 0.4) is 0 Å². The van der Waals surface area contributed by atoms with Gasteiger partial charge in [0.25, 0.3) is 0 Å². The van der Waals surface area contributed by atoms with Crippen LogP contribution in [0.5, 0.6) is 0 Å². The number of nitrogens with zero attached hydrogens (tertiary/aromatic N) is 2. The van der Waals surface area contributed by atoms with Crippen molar-refractivity contribution >= 4 is 11.8 Å². The van der Waals surface area contributed by atoms with E-state index in [1.807, 2.05) is 0 Å². The molecule has 1 saturated heterocycles. The number of fused-ring (bicyclic) bond motifs is 1. The van der Waals surface area contributed by atoms with Gasteiger partial charge in [-0.15, -0.1) is 0 Å². The van der Waals surface area contributed by atoms with E-state index in [9.17, 15) is 9.59 Å². The number of piperidine rings is 1. The zero-order chi connectivity index (χ0) is 14.5. The van der Waals surface area contributed by atoms with Crippen LogP contribution in [0.2, 0.25) is 0 Å². The molecule has 0 spiro atoms. The fourth-order valence-corrected chi connectivity index (χ4v) is 3.60. The van der Waals surface area contributed by atoms with E-state index in [1.54, 1.807) is 14.1 Å². The Morgan fingerprint density at radius 2 is 1.90 bits per heavy atom. The van der Waals surface area contributed by atoms with E-state index in [2.05, 4.69) is 10.2 Å². The summed E-state index contributed by atoms with van der Waals surface area (Å²) in [5.41, 5.74) is 0. The van der Waals surface area contributed by atoms with Crippen LogP contribution >= 0.6 is 0 Å². The highest BCUT2D eigenvalue weighted by atomic mass is 16.2. The monoisotopic (exact) mass is 281 g/mol. The molecule has 2 fully saturated rings. The van der Waals surface area contributed by atoms with Crippen molar-refractivity contribution in [3.05, 3.63) is 0 Å². The van der Waals surface area contributed by atoms with Gasteiger partial charge in [0.15, 0.2) is 0 Å². The van der Waals surface area contributed by atoms with E-state index in [4.69, 9.17) is 0 Å². The minimum atomic E-state index is -0.116. The topological polar surface area (TPSA) is 52.7 Å². The number of carbonyl (C=O) groups is 2. The first-order valence-corrected chi connectivity index (χ1v) is 7.80. The molecule has 0 aromatic carbocycles. The van der Waals surface area contributed by atoms with Crippen molar-refractivity contribution in [1.29, 1.82) is 0 Å². The number of hydrogen-bond acceptors (Lipinski definition) is 3. The molecule has 20 heavy (non-hydrogen) atoms. The number of likely N-dealkylation sites (tertiary alicyclic amines) is 1. The van der Waals surface area contributed by atoms with Crippen LogP contribution in [0.4, 0.5) is 0 Å². The van der Waals surface area contributed by atoms with Crippen molar-refractivity contribution < 1.29 is 9.59 Å². The van der Waals surface area contributed by atoms with Crippen molar-refractivity contribution in [2.45, 2.75) is 44.6 Å². The Kier molecular flexibility index (Phi) is 5.40. The Hall–Kier alpha value is -1.10. The van der Waals surface area contributed by atoms with Crippen LogP contribution in [-0.4, -0.2) is 61.4 Å². The van der Waals surface area contributed by atoms with Crippen molar-refractivity contribution in [2.75, 3.05) is 33.7 Å². The lowest BCUT2D eigenvalue weighted by Gasteiger charge is -2.44. The lowest BCUT2D eigenvalue weighted by Crippen LogP contribution is -2.51. The van der Waals surface area contributed by atoms with E-state index >= 15 is 0 Å². The molecule has 2 rings (SSSR count). The molecule has 2 aliphatic rings. The number of hydrogen-bond donors (Lipinski definition) is 1. The molecule has 1 N–H and O–H groups in total. The van der Waals surface area contributed by atoms with Gasteiger partial charge in [0.2, 0.25) is 11.8 Å². The molecule has 2 amide bonds. The largest absolute Gasteiger partial charge is 0.358 e.